The summed E-state index contributed by atoms with van der Waals surface area (Å²) in [6.45, 7) is 0.408. The molecule has 0 fully saturated rings. The predicted octanol–water partition coefficient (Wildman–Crippen LogP) is 3.58. The molecule has 0 amide bonds. The first-order chi connectivity index (χ1) is 18.2. The van der Waals surface area contributed by atoms with Gasteiger partial charge in [-0.05, 0) is 17.5 Å². The molecule has 3 aromatic carbocycles. The van der Waals surface area contributed by atoms with Crippen LogP contribution in [0, 0.1) is 5.41 Å². The monoisotopic (exact) mass is 550 g/mol. The van der Waals surface area contributed by atoms with Crippen LogP contribution in [-0.2, 0) is 28.9 Å². The summed E-state index contributed by atoms with van der Waals surface area (Å²) in [6, 6.07) is 25.2. The molecular weight excluding hydrogens is 524 g/mol. The Kier molecular flexibility index (Phi) is 8.57. The van der Waals surface area contributed by atoms with Gasteiger partial charge in [0.15, 0.2) is 11.0 Å². The molecule has 11 heteroatoms. The van der Waals surface area contributed by atoms with Gasteiger partial charge in [0.1, 0.15) is 11.7 Å². The van der Waals surface area contributed by atoms with E-state index in [1.165, 1.54) is 0 Å². The minimum Gasteiger partial charge on any atom is -0.384 e. The highest BCUT2D eigenvalue weighted by molar-refractivity contribution is 7.88. The van der Waals surface area contributed by atoms with E-state index in [0.29, 0.717) is 29.7 Å². The fraction of sp³-hybridized carbons (Fsp3) is 0.148. The molecule has 0 radical (unpaired) electrons. The molecule has 4 rings (SSSR count). The number of halogens is 1. The van der Waals surface area contributed by atoms with Crippen molar-refractivity contribution in [2.75, 3.05) is 11.9 Å². The van der Waals surface area contributed by atoms with Crippen LogP contribution in [0.1, 0.15) is 16.7 Å². The normalized spacial score (nSPS) is 11.3. The highest BCUT2D eigenvalue weighted by atomic mass is 35.5. The van der Waals surface area contributed by atoms with E-state index < -0.39 is 21.5 Å². The summed E-state index contributed by atoms with van der Waals surface area (Å²) in [5.74, 6) is -0.759. The molecule has 38 heavy (non-hydrogen) atoms. The zero-order chi connectivity index (χ0) is 27.1. The van der Waals surface area contributed by atoms with E-state index in [-0.39, 0.29) is 29.0 Å². The van der Waals surface area contributed by atoms with Crippen molar-refractivity contribution in [3.63, 3.8) is 0 Å². The second kappa shape index (κ2) is 12.0. The predicted molar refractivity (Wildman–Crippen MR) is 151 cm³/mol. The zero-order valence-electron chi connectivity index (χ0n) is 20.4. The van der Waals surface area contributed by atoms with Crippen LogP contribution < -0.4 is 21.3 Å². The van der Waals surface area contributed by atoms with Crippen LogP contribution >= 0.6 is 11.6 Å². The fourth-order valence-electron chi connectivity index (χ4n) is 3.83. The molecule has 0 atom stereocenters. The van der Waals surface area contributed by atoms with Crippen molar-refractivity contribution >= 4 is 33.3 Å². The van der Waals surface area contributed by atoms with Gasteiger partial charge in [-0.3, -0.25) is 14.8 Å². The van der Waals surface area contributed by atoms with Crippen molar-refractivity contribution in [2.45, 2.75) is 18.8 Å². The number of nitrogens with one attached hydrogen (secondary N) is 3. The largest absolute Gasteiger partial charge is 0.384 e. The Labute approximate surface area is 225 Å². The Morgan fingerprint density at radius 1 is 0.947 bits per heavy atom. The van der Waals surface area contributed by atoms with Crippen LogP contribution in [-0.4, -0.2) is 30.3 Å². The lowest BCUT2D eigenvalue weighted by atomic mass is 10.1. The molecule has 196 valence electrons. The molecule has 5 N–H and O–H groups in total. The van der Waals surface area contributed by atoms with E-state index in [0.717, 1.165) is 10.1 Å². The molecule has 9 nitrogen and oxygen atoms in total. The van der Waals surface area contributed by atoms with Gasteiger partial charge in [-0.2, -0.15) is 0 Å². The maximum atomic E-state index is 13.5. The first kappa shape index (κ1) is 27.1. The van der Waals surface area contributed by atoms with Crippen molar-refractivity contribution in [3.8, 4) is 11.3 Å². The smallest absolute Gasteiger partial charge is 0.294 e. The number of hydrogen-bond acceptors (Lipinski definition) is 6. The van der Waals surface area contributed by atoms with E-state index >= 15 is 0 Å². The van der Waals surface area contributed by atoms with E-state index in [9.17, 15) is 13.2 Å². The summed E-state index contributed by atoms with van der Waals surface area (Å²) < 4.78 is 29.8. The first-order valence-electron chi connectivity index (χ1n) is 11.8. The number of sulfonamides is 1. The van der Waals surface area contributed by atoms with Crippen molar-refractivity contribution in [2.24, 2.45) is 5.73 Å². The number of amidine groups is 1. The molecule has 0 saturated heterocycles. The summed E-state index contributed by atoms with van der Waals surface area (Å²) in [5.41, 5.74) is 7.93. The van der Waals surface area contributed by atoms with Gasteiger partial charge in [0.05, 0.1) is 5.69 Å². The summed E-state index contributed by atoms with van der Waals surface area (Å²) in [5, 5.41) is 10.5. The van der Waals surface area contributed by atoms with Gasteiger partial charge < -0.3 is 11.1 Å². The van der Waals surface area contributed by atoms with E-state index in [4.69, 9.17) is 22.7 Å². The lowest BCUT2D eigenvalue weighted by Crippen LogP contribution is -2.34. The molecule has 0 aliphatic rings. The number of nitrogens with two attached hydrogens (primary N) is 1. The molecule has 1 aromatic heterocycles. The summed E-state index contributed by atoms with van der Waals surface area (Å²) >= 11 is 6.53. The van der Waals surface area contributed by atoms with Crippen molar-refractivity contribution < 1.29 is 8.42 Å². The first-order valence-corrected chi connectivity index (χ1v) is 13.8. The van der Waals surface area contributed by atoms with E-state index in [1.807, 2.05) is 36.4 Å². The zero-order valence-corrected chi connectivity index (χ0v) is 22.0. The lowest BCUT2D eigenvalue weighted by Gasteiger charge is -2.17. The highest BCUT2D eigenvalue weighted by Crippen LogP contribution is 2.26. The summed E-state index contributed by atoms with van der Waals surface area (Å²) in [7, 11) is -3.98. The topological polar surface area (TPSA) is 143 Å². The second-order valence-corrected chi connectivity index (χ2v) is 10.7. The number of rotatable bonds is 11. The number of hydrogen-bond donors (Lipinski definition) is 4. The quantitative estimate of drug-likeness (QED) is 0.166. The van der Waals surface area contributed by atoms with Crippen LogP contribution in [0.25, 0.3) is 11.3 Å². The number of benzene rings is 3. The molecule has 0 spiro atoms. The third-order valence-electron chi connectivity index (χ3n) is 5.78. The van der Waals surface area contributed by atoms with E-state index in [1.54, 1.807) is 48.5 Å². The Bertz CT molecular complexity index is 1580. The number of nitrogens with zero attached hydrogens (tertiary/aromatic N) is 2. The van der Waals surface area contributed by atoms with Crippen molar-refractivity contribution in [3.05, 3.63) is 117 Å². The molecule has 0 unspecified atom stereocenters. The molecule has 0 bridgehead atoms. The van der Waals surface area contributed by atoms with E-state index in [2.05, 4.69) is 15.0 Å². The standard InChI is InChI=1S/C27H27ClN6O3S/c28-24-23(21-9-5-2-6-10-21)34(27(35)26(33-24)31-16-15-19-7-3-1-4-8-19)18-38(36,37)32-17-20-11-13-22(14-12-20)25(29)30/h1-14,32H,15-18H2,(H3,29,30)(H,31,33). The van der Waals surface area contributed by atoms with Gasteiger partial charge in [-0.1, -0.05) is 96.5 Å². The Balaban J connectivity index is 1.60. The number of aromatic nitrogens is 2. The maximum absolute atomic E-state index is 13.5. The molecule has 0 aliphatic carbocycles. The summed E-state index contributed by atoms with van der Waals surface area (Å²) in [4.78, 5) is 17.7. The highest BCUT2D eigenvalue weighted by Gasteiger charge is 2.22. The minimum absolute atomic E-state index is 0.00304. The molecule has 0 aliphatic heterocycles. The Morgan fingerprint density at radius 2 is 1.58 bits per heavy atom. The number of nitrogen functional groups attached to an aromatic ring is 1. The van der Waals surface area contributed by atoms with Crippen LogP contribution in [0.4, 0.5) is 5.82 Å². The molecule has 0 saturated carbocycles. The third kappa shape index (κ3) is 6.86. The fourth-order valence-corrected chi connectivity index (χ4v) is 5.19. The molecular formula is C27H27ClN6O3S. The van der Waals surface area contributed by atoms with Crippen LogP contribution in [0.15, 0.2) is 89.7 Å². The summed E-state index contributed by atoms with van der Waals surface area (Å²) in [6.07, 6.45) is 0.641. The van der Waals surface area contributed by atoms with Gasteiger partial charge in [0.2, 0.25) is 10.0 Å². The second-order valence-electron chi connectivity index (χ2n) is 8.54. The number of anilines is 1. The van der Waals surface area contributed by atoms with Crippen LogP contribution in [0.3, 0.4) is 0 Å². The van der Waals surface area contributed by atoms with Gasteiger partial charge in [-0.25, -0.2) is 18.1 Å². The molecule has 1 heterocycles. The maximum Gasteiger partial charge on any atom is 0.294 e. The van der Waals surface area contributed by atoms with Crippen molar-refractivity contribution in [1.82, 2.24) is 14.3 Å². The Morgan fingerprint density at radius 3 is 2.21 bits per heavy atom. The third-order valence-corrected chi connectivity index (χ3v) is 7.23. The lowest BCUT2D eigenvalue weighted by molar-refractivity contribution is 0.567. The SMILES string of the molecule is N=C(N)c1ccc(CNS(=O)(=O)Cn2c(-c3ccccc3)c(Cl)nc(NCCc3ccccc3)c2=O)cc1. The minimum atomic E-state index is -3.98. The molecule has 4 aromatic rings. The van der Waals surface area contributed by atoms with Crippen LogP contribution in [0.5, 0.6) is 0 Å². The van der Waals surface area contributed by atoms with Crippen molar-refractivity contribution in [1.29, 1.82) is 5.41 Å². The van der Waals surface area contributed by atoms with Crippen LogP contribution in [0.2, 0.25) is 5.15 Å². The Hall–Kier alpha value is -3.99. The van der Waals surface area contributed by atoms with Gasteiger partial charge in [0.25, 0.3) is 5.56 Å². The van der Waals surface area contributed by atoms with Gasteiger partial charge >= 0.3 is 0 Å². The van der Waals surface area contributed by atoms with Gasteiger partial charge in [0, 0.05) is 24.2 Å². The average Bonchev–Trinajstić information content (AvgIpc) is 2.91. The average molecular weight is 551 g/mol. The van der Waals surface area contributed by atoms with Gasteiger partial charge in [-0.15, -0.1) is 0 Å².